The van der Waals surface area contributed by atoms with Crippen molar-refractivity contribution in [3.05, 3.63) is 23.2 Å². The fraction of sp³-hybridized carbons (Fsp3) is 0.688. The fourth-order valence-electron chi connectivity index (χ4n) is 1.84. The van der Waals surface area contributed by atoms with Crippen molar-refractivity contribution in [2.45, 2.75) is 71.0 Å². The van der Waals surface area contributed by atoms with Gasteiger partial charge in [0.25, 0.3) is 0 Å². The predicted octanol–water partition coefficient (Wildman–Crippen LogP) is 3.03. The lowest BCUT2D eigenvalue weighted by Crippen LogP contribution is -2.48. The van der Waals surface area contributed by atoms with Gasteiger partial charge < -0.3 is 14.9 Å². The summed E-state index contributed by atoms with van der Waals surface area (Å²) in [6.45, 7) is 7.19. The quantitative estimate of drug-likeness (QED) is 0.675. The molecule has 0 saturated heterocycles. The molecule has 0 atom stereocenters. The molecule has 5 heteroatoms. The Morgan fingerprint density at radius 1 is 1.29 bits per heavy atom. The van der Waals surface area contributed by atoms with Crippen molar-refractivity contribution in [2.75, 3.05) is 0 Å². The maximum Gasteiger partial charge on any atom is 0.326 e. The third-order valence-electron chi connectivity index (χ3n) is 4.13. The summed E-state index contributed by atoms with van der Waals surface area (Å²) in [6.07, 6.45) is 7.65. The summed E-state index contributed by atoms with van der Waals surface area (Å²) in [4.78, 5) is 10.5. The lowest BCUT2D eigenvalue weighted by Gasteiger charge is -2.38. The summed E-state index contributed by atoms with van der Waals surface area (Å²) in [5.41, 5.74) is 0.806. The normalized spacial score (nSPS) is 16.2. The number of hydrogen-bond acceptors (Lipinski definition) is 3. The number of hydrogen-bond donors (Lipinski definition) is 2. The minimum Gasteiger partial charge on any atom is -0.481 e. The lowest BCUT2D eigenvalue weighted by atomic mass is 9.77. The molecule has 0 unspecified atom stereocenters. The molecular formula is C16H26BO4. The molecule has 1 radical (unpaired) electrons. The van der Waals surface area contributed by atoms with Crippen LogP contribution in [0.25, 0.3) is 0 Å². The van der Waals surface area contributed by atoms with Gasteiger partial charge in [-0.2, -0.15) is 0 Å². The van der Waals surface area contributed by atoms with Crippen LogP contribution in [0.5, 0.6) is 0 Å². The summed E-state index contributed by atoms with van der Waals surface area (Å²) in [5, 5.41) is 18.7. The molecule has 4 nitrogen and oxygen atoms in total. The highest BCUT2D eigenvalue weighted by atomic mass is 16.5. The molecule has 21 heavy (non-hydrogen) atoms. The summed E-state index contributed by atoms with van der Waals surface area (Å²) in [5.74, 6) is -0.738. The SMILES string of the molecule is CC(C)(O)C(C)(C)O[B]C1=CC=C(CCCC(=O)O)CC1. The number of aliphatic hydroxyl groups is 1. The van der Waals surface area contributed by atoms with E-state index in [9.17, 15) is 9.90 Å². The second kappa shape index (κ2) is 7.27. The maximum atomic E-state index is 10.5. The predicted molar refractivity (Wildman–Crippen MR) is 84.1 cm³/mol. The summed E-state index contributed by atoms with van der Waals surface area (Å²) < 4.78 is 5.73. The summed E-state index contributed by atoms with van der Waals surface area (Å²) in [7, 11) is 1.72. The number of carboxylic acid groups (broad SMARTS) is 1. The average molecular weight is 293 g/mol. The van der Waals surface area contributed by atoms with Crippen molar-refractivity contribution in [1.82, 2.24) is 0 Å². The Morgan fingerprint density at radius 3 is 2.43 bits per heavy atom. The monoisotopic (exact) mass is 293 g/mol. The van der Waals surface area contributed by atoms with Crippen LogP contribution in [-0.4, -0.2) is 34.9 Å². The van der Waals surface area contributed by atoms with Gasteiger partial charge >= 0.3 is 13.5 Å². The zero-order valence-corrected chi connectivity index (χ0v) is 13.5. The molecule has 0 aromatic carbocycles. The van der Waals surface area contributed by atoms with Crippen LogP contribution in [-0.2, 0) is 9.45 Å². The standard InChI is InChI=1S/C16H26BO4/c1-15(2,20)16(3,4)21-17-13-10-8-12(9-11-13)6-5-7-14(18)19/h8,10,20H,5-7,9,11H2,1-4H3,(H,18,19). The Balaban J connectivity index is 2.44. The smallest absolute Gasteiger partial charge is 0.326 e. The molecule has 0 aromatic heterocycles. The second-order valence-electron chi connectivity index (χ2n) is 6.62. The first-order valence-electron chi connectivity index (χ1n) is 7.45. The van der Waals surface area contributed by atoms with Crippen LogP contribution >= 0.6 is 0 Å². The summed E-state index contributed by atoms with van der Waals surface area (Å²) >= 11 is 0. The van der Waals surface area contributed by atoms with E-state index in [4.69, 9.17) is 9.76 Å². The molecule has 0 fully saturated rings. The maximum absolute atomic E-state index is 10.5. The van der Waals surface area contributed by atoms with Gasteiger partial charge in [0.1, 0.15) is 0 Å². The molecule has 0 amide bonds. The van der Waals surface area contributed by atoms with Crippen LogP contribution in [0.1, 0.15) is 59.8 Å². The van der Waals surface area contributed by atoms with E-state index in [2.05, 4.69) is 6.08 Å². The van der Waals surface area contributed by atoms with Gasteiger partial charge in [0.2, 0.25) is 0 Å². The van der Waals surface area contributed by atoms with Crippen LogP contribution in [0.2, 0.25) is 0 Å². The highest BCUT2D eigenvalue weighted by molar-refractivity contribution is 6.38. The highest BCUT2D eigenvalue weighted by Gasteiger charge is 2.35. The third kappa shape index (κ3) is 6.06. The van der Waals surface area contributed by atoms with E-state index in [1.807, 2.05) is 19.9 Å². The number of carboxylic acids is 1. The number of aliphatic carboxylic acids is 1. The van der Waals surface area contributed by atoms with E-state index in [-0.39, 0.29) is 6.42 Å². The number of allylic oxidation sites excluding steroid dienone is 4. The largest absolute Gasteiger partial charge is 0.481 e. The summed E-state index contributed by atoms with van der Waals surface area (Å²) in [6, 6.07) is 0. The zero-order valence-electron chi connectivity index (χ0n) is 13.5. The topological polar surface area (TPSA) is 66.8 Å². The van der Waals surface area contributed by atoms with Crippen LogP contribution in [0.15, 0.2) is 23.2 Å². The first-order chi connectivity index (χ1) is 9.62. The van der Waals surface area contributed by atoms with Crippen molar-refractivity contribution in [1.29, 1.82) is 0 Å². The van der Waals surface area contributed by atoms with Gasteiger partial charge in [-0.25, -0.2) is 0 Å². The van der Waals surface area contributed by atoms with Crippen molar-refractivity contribution in [3.63, 3.8) is 0 Å². The molecule has 0 heterocycles. The molecule has 0 saturated carbocycles. The fourth-order valence-corrected chi connectivity index (χ4v) is 1.84. The molecule has 0 bridgehead atoms. The number of carbonyl (C=O) groups is 1. The molecule has 0 spiro atoms. The van der Waals surface area contributed by atoms with E-state index < -0.39 is 17.2 Å². The minimum absolute atomic E-state index is 0.225. The lowest BCUT2D eigenvalue weighted by molar-refractivity contribution is -0.137. The van der Waals surface area contributed by atoms with Crippen molar-refractivity contribution < 1.29 is 19.7 Å². The van der Waals surface area contributed by atoms with Gasteiger partial charge in [-0.3, -0.25) is 4.79 Å². The van der Waals surface area contributed by atoms with Crippen LogP contribution < -0.4 is 0 Å². The Hall–Kier alpha value is -1.07. The van der Waals surface area contributed by atoms with E-state index in [1.54, 1.807) is 21.3 Å². The van der Waals surface area contributed by atoms with Crippen molar-refractivity contribution in [2.24, 2.45) is 0 Å². The number of rotatable bonds is 8. The van der Waals surface area contributed by atoms with E-state index in [1.165, 1.54) is 5.57 Å². The molecular weight excluding hydrogens is 267 g/mol. The Kier molecular flexibility index (Phi) is 6.23. The molecule has 0 aliphatic heterocycles. The second-order valence-corrected chi connectivity index (χ2v) is 6.62. The van der Waals surface area contributed by atoms with Gasteiger partial charge in [-0.1, -0.05) is 23.2 Å². The molecule has 1 aliphatic carbocycles. The van der Waals surface area contributed by atoms with Crippen molar-refractivity contribution >= 4 is 13.5 Å². The van der Waals surface area contributed by atoms with Gasteiger partial charge in [-0.05, 0) is 53.4 Å². The Bertz CT molecular complexity index is 430. The highest BCUT2D eigenvalue weighted by Crippen LogP contribution is 2.27. The zero-order chi connectivity index (χ0) is 16.1. The van der Waals surface area contributed by atoms with Gasteiger partial charge in [0.15, 0.2) is 0 Å². The van der Waals surface area contributed by atoms with E-state index in [0.29, 0.717) is 6.42 Å². The third-order valence-corrected chi connectivity index (χ3v) is 4.13. The molecule has 1 rings (SSSR count). The van der Waals surface area contributed by atoms with Crippen LogP contribution in [0.3, 0.4) is 0 Å². The van der Waals surface area contributed by atoms with Crippen molar-refractivity contribution in [3.8, 4) is 0 Å². The minimum atomic E-state index is -0.920. The van der Waals surface area contributed by atoms with Gasteiger partial charge in [0, 0.05) is 6.42 Å². The van der Waals surface area contributed by atoms with E-state index >= 15 is 0 Å². The van der Waals surface area contributed by atoms with Gasteiger partial charge in [0.05, 0.1) is 11.2 Å². The van der Waals surface area contributed by atoms with Crippen LogP contribution in [0, 0.1) is 0 Å². The molecule has 117 valence electrons. The first kappa shape index (κ1) is 18.0. The van der Waals surface area contributed by atoms with Crippen LogP contribution in [0.4, 0.5) is 0 Å². The first-order valence-corrected chi connectivity index (χ1v) is 7.45. The average Bonchev–Trinajstić information content (AvgIpc) is 2.36. The van der Waals surface area contributed by atoms with Gasteiger partial charge in [-0.15, -0.1) is 0 Å². The molecule has 0 aromatic rings. The molecule has 2 N–H and O–H groups in total. The Morgan fingerprint density at radius 2 is 1.95 bits per heavy atom. The van der Waals surface area contributed by atoms with E-state index in [0.717, 1.165) is 24.7 Å². The Labute approximate surface area is 128 Å². The molecule has 1 aliphatic rings.